The van der Waals surface area contributed by atoms with Gasteiger partial charge in [0.05, 0.1) is 0 Å². The minimum Gasteiger partial charge on any atom is -0.342 e. The van der Waals surface area contributed by atoms with Gasteiger partial charge in [-0.2, -0.15) is 0 Å². The fourth-order valence-corrected chi connectivity index (χ4v) is 2.78. The van der Waals surface area contributed by atoms with Gasteiger partial charge in [-0.3, -0.25) is 4.79 Å². The van der Waals surface area contributed by atoms with E-state index in [0.717, 1.165) is 25.5 Å². The van der Waals surface area contributed by atoms with Crippen molar-refractivity contribution in [1.82, 2.24) is 4.90 Å². The Hall–Kier alpha value is -0.100. The van der Waals surface area contributed by atoms with Crippen molar-refractivity contribution in [3.8, 4) is 0 Å². The summed E-state index contributed by atoms with van der Waals surface area (Å²) in [5.74, 6) is -0.626. The quantitative estimate of drug-likeness (QED) is 0.709. The first-order chi connectivity index (χ1) is 6.88. The van der Waals surface area contributed by atoms with Crippen molar-refractivity contribution in [2.24, 2.45) is 0 Å². The highest BCUT2D eigenvalue weighted by Crippen LogP contribution is 2.17. The Morgan fingerprint density at radius 2 is 2.07 bits per heavy atom. The number of carbonyl (C=O) groups excluding carboxylic acids is 1. The van der Waals surface area contributed by atoms with Crippen LogP contribution in [0.25, 0.3) is 0 Å². The maximum Gasteiger partial charge on any atom is 0.237 e. The summed E-state index contributed by atoms with van der Waals surface area (Å²) < 4.78 is 22.0. The molecule has 0 radical (unpaired) electrons. The first kappa shape index (κ1) is 13.0. The molecule has 1 fully saturated rings. The molecule has 1 heterocycles. The standard InChI is InChI=1S/C9H16BrNO3S/c1-15(13,14)7-9(12)11-5-2-3-8(10)4-6-11/h8H,2-7H2,1H3. The number of sulfone groups is 1. The van der Waals surface area contributed by atoms with Crippen LogP contribution in [0.15, 0.2) is 0 Å². The molecule has 0 bridgehead atoms. The monoisotopic (exact) mass is 297 g/mol. The number of alkyl halides is 1. The molecule has 0 aromatic heterocycles. The summed E-state index contributed by atoms with van der Waals surface area (Å²) in [5.41, 5.74) is 0. The normalized spacial score (nSPS) is 23.6. The smallest absolute Gasteiger partial charge is 0.237 e. The van der Waals surface area contributed by atoms with Crippen LogP contribution in [0.3, 0.4) is 0 Å². The lowest BCUT2D eigenvalue weighted by Crippen LogP contribution is -2.36. The molecule has 1 amide bonds. The molecular weight excluding hydrogens is 282 g/mol. The molecule has 6 heteroatoms. The van der Waals surface area contributed by atoms with E-state index in [0.29, 0.717) is 17.9 Å². The van der Waals surface area contributed by atoms with Gasteiger partial charge in [0.2, 0.25) is 5.91 Å². The zero-order chi connectivity index (χ0) is 11.5. The van der Waals surface area contributed by atoms with Crippen LogP contribution in [0.5, 0.6) is 0 Å². The number of hydrogen-bond donors (Lipinski definition) is 0. The molecule has 0 N–H and O–H groups in total. The zero-order valence-corrected chi connectivity index (χ0v) is 11.2. The van der Waals surface area contributed by atoms with Crippen LogP contribution in [0.2, 0.25) is 0 Å². The number of amides is 1. The molecule has 0 spiro atoms. The van der Waals surface area contributed by atoms with Gasteiger partial charge in [-0.05, 0) is 19.3 Å². The largest absolute Gasteiger partial charge is 0.342 e. The number of carbonyl (C=O) groups is 1. The van der Waals surface area contributed by atoms with Gasteiger partial charge in [-0.15, -0.1) is 0 Å². The predicted octanol–water partition coefficient (Wildman–Crippen LogP) is 0.807. The highest BCUT2D eigenvalue weighted by molar-refractivity contribution is 9.09. The van der Waals surface area contributed by atoms with Gasteiger partial charge in [-0.1, -0.05) is 15.9 Å². The average molecular weight is 298 g/mol. The van der Waals surface area contributed by atoms with E-state index in [1.807, 2.05) is 0 Å². The van der Waals surface area contributed by atoms with Gasteiger partial charge in [0, 0.05) is 24.2 Å². The van der Waals surface area contributed by atoms with Gasteiger partial charge >= 0.3 is 0 Å². The van der Waals surface area contributed by atoms with Gasteiger partial charge < -0.3 is 4.90 Å². The second kappa shape index (κ2) is 5.30. The first-order valence-corrected chi connectivity index (χ1v) is 7.95. The minimum absolute atomic E-state index is 0.265. The third-order valence-corrected chi connectivity index (χ3v) is 4.08. The van der Waals surface area contributed by atoms with Crippen LogP contribution < -0.4 is 0 Å². The van der Waals surface area contributed by atoms with Crippen molar-refractivity contribution in [3.63, 3.8) is 0 Å². The summed E-state index contributed by atoms with van der Waals surface area (Å²) in [4.78, 5) is 13.7. The van der Waals surface area contributed by atoms with Gasteiger partial charge in [0.1, 0.15) is 5.75 Å². The molecule has 0 saturated carbocycles. The molecule has 1 saturated heterocycles. The van der Waals surface area contributed by atoms with E-state index in [1.165, 1.54) is 0 Å². The van der Waals surface area contributed by atoms with Crippen LogP contribution in [-0.4, -0.2) is 49.2 Å². The highest BCUT2D eigenvalue weighted by atomic mass is 79.9. The first-order valence-electron chi connectivity index (χ1n) is 4.98. The van der Waals surface area contributed by atoms with Crippen molar-refractivity contribution in [2.75, 3.05) is 25.1 Å². The summed E-state index contributed by atoms with van der Waals surface area (Å²) in [5, 5.41) is 0. The lowest BCUT2D eigenvalue weighted by Gasteiger charge is -2.19. The summed E-state index contributed by atoms with van der Waals surface area (Å²) in [7, 11) is -3.20. The molecule has 1 aliphatic rings. The van der Waals surface area contributed by atoms with E-state index in [9.17, 15) is 13.2 Å². The van der Waals surface area contributed by atoms with Crippen molar-refractivity contribution < 1.29 is 13.2 Å². The molecule has 0 aromatic rings. The van der Waals surface area contributed by atoms with E-state index >= 15 is 0 Å². The van der Waals surface area contributed by atoms with Crippen LogP contribution in [0.1, 0.15) is 19.3 Å². The summed E-state index contributed by atoms with van der Waals surface area (Å²) in [6.07, 6.45) is 3.97. The second-order valence-electron chi connectivity index (χ2n) is 3.98. The topological polar surface area (TPSA) is 54.5 Å². The fourth-order valence-electron chi connectivity index (χ4n) is 1.62. The average Bonchev–Trinajstić information content (AvgIpc) is 2.26. The van der Waals surface area contributed by atoms with Crippen molar-refractivity contribution in [2.45, 2.75) is 24.1 Å². The fraction of sp³-hybridized carbons (Fsp3) is 0.889. The Bertz CT molecular complexity index is 328. The number of nitrogens with zero attached hydrogens (tertiary/aromatic N) is 1. The Kier molecular flexibility index (Phi) is 4.58. The second-order valence-corrected chi connectivity index (χ2v) is 7.41. The summed E-state index contributed by atoms with van der Waals surface area (Å²) in [6.45, 7) is 1.33. The molecular formula is C9H16BrNO3S. The van der Waals surface area contributed by atoms with Crippen LogP contribution in [0, 0.1) is 0 Å². The van der Waals surface area contributed by atoms with Crippen molar-refractivity contribution in [3.05, 3.63) is 0 Å². The SMILES string of the molecule is CS(=O)(=O)CC(=O)N1CCCC(Br)CC1. The van der Waals surface area contributed by atoms with Crippen molar-refractivity contribution in [1.29, 1.82) is 0 Å². The molecule has 1 atom stereocenters. The van der Waals surface area contributed by atoms with Gasteiger partial charge in [0.15, 0.2) is 9.84 Å². The Morgan fingerprint density at radius 3 is 2.67 bits per heavy atom. The van der Waals surface area contributed by atoms with E-state index in [4.69, 9.17) is 0 Å². The van der Waals surface area contributed by atoms with Crippen LogP contribution >= 0.6 is 15.9 Å². The third-order valence-electron chi connectivity index (χ3n) is 2.40. The number of hydrogen-bond acceptors (Lipinski definition) is 3. The molecule has 0 aromatic carbocycles. The van der Waals surface area contributed by atoms with E-state index < -0.39 is 9.84 Å². The van der Waals surface area contributed by atoms with E-state index in [1.54, 1.807) is 4.90 Å². The Labute approximate surface area is 99.1 Å². The van der Waals surface area contributed by atoms with Crippen molar-refractivity contribution >= 4 is 31.7 Å². The molecule has 4 nitrogen and oxygen atoms in total. The highest BCUT2D eigenvalue weighted by Gasteiger charge is 2.21. The number of likely N-dealkylation sites (tertiary alicyclic amines) is 1. The number of halogens is 1. The van der Waals surface area contributed by atoms with Gasteiger partial charge in [-0.25, -0.2) is 8.42 Å². The molecule has 1 rings (SSSR count). The Balaban J connectivity index is 2.52. The van der Waals surface area contributed by atoms with E-state index in [2.05, 4.69) is 15.9 Å². The number of rotatable bonds is 2. The summed E-state index contributed by atoms with van der Waals surface area (Å²) in [6, 6.07) is 0. The molecule has 1 aliphatic heterocycles. The third kappa shape index (κ3) is 4.97. The maximum atomic E-state index is 11.6. The molecule has 0 aliphatic carbocycles. The lowest BCUT2D eigenvalue weighted by molar-refractivity contribution is -0.128. The van der Waals surface area contributed by atoms with E-state index in [-0.39, 0.29) is 11.7 Å². The lowest BCUT2D eigenvalue weighted by atomic mass is 10.2. The Morgan fingerprint density at radius 1 is 1.40 bits per heavy atom. The maximum absolute atomic E-state index is 11.6. The molecule has 1 unspecified atom stereocenters. The molecule has 15 heavy (non-hydrogen) atoms. The molecule has 88 valence electrons. The van der Waals surface area contributed by atoms with Gasteiger partial charge in [0.25, 0.3) is 0 Å². The van der Waals surface area contributed by atoms with Crippen LogP contribution in [-0.2, 0) is 14.6 Å². The minimum atomic E-state index is -3.20. The predicted molar refractivity (Wildman–Crippen MR) is 62.9 cm³/mol. The van der Waals surface area contributed by atoms with Crippen LogP contribution in [0.4, 0.5) is 0 Å². The zero-order valence-electron chi connectivity index (χ0n) is 8.78. The summed E-state index contributed by atoms with van der Waals surface area (Å²) >= 11 is 3.52.